The molecule has 27 heavy (non-hydrogen) atoms. The minimum Gasteiger partial charge on any atom is -0.405 e. The third kappa shape index (κ3) is 3.47. The van der Waals surface area contributed by atoms with E-state index in [4.69, 9.17) is 0 Å². The van der Waals surface area contributed by atoms with Gasteiger partial charge in [0.15, 0.2) is 0 Å². The first-order valence-electron chi connectivity index (χ1n) is 8.48. The Labute approximate surface area is 153 Å². The maximum Gasteiger partial charge on any atom is 0.573 e. The predicted octanol–water partition coefficient (Wildman–Crippen LogP) is 4.02. The molecule has 1 atom stereocenters. The molecule has 0 N–H and O–H groups in total. The number of halogens is 3. The van der Waals surface area contributed by atoms with Crippen LogP contribution in [-0.2, 0) is 0 Å². The summed E-state index contributed by atoms with van der Waals surface area (Å²) in [6, 6.07) is 13.1. The Hall–Kier alpha value is -3.03. The van der Waals surface area contributed by atoms with Gasteiger partial charge in [0.1, 0.15) is 5.75 Å². The second-order valence-corrected chi connectivity index (χ2v) is 6.38. The van der Waals surface area contributed by atoms with Crippen molar-refractivity contribution in [3.05, 3.63) is 60.4 Å². The van der Waals surface area contributed by atoms with Crippen LogP contribution in [0.4, 0.5) is 13.2 Å². The SMILES string of the molecule is O=C(c1ccccc1OC(F)(F)F)N1CC[C@@H](n2cnc3ccccc32)C1. The van der Waals surface area contributed by atoms with E-state index in [1.807, 2.05) is 28.8 Å². The molecule has 0 aliphatic carbocycles. The van der Waals surface area contributed by atoms with E-state index in [0.717, 1.165) is 17.1 Å². The molecule has 0 radical (unpaired) electrons. The van der Waals surface area contributed by atoms with Gasteiger partial charge in [-0.2, -0.15) is 0 Å². The fraction of sp³-hybridized carbons (Fsp3) is 0.263. The maximum absolute atomic E-state index is 12.8. The van der Waals surface area contributed by atoms with Crippen LogP contribution >= 0.6 is 0 Å². The summed E-state index contributed by atoms with van der Waals surface area (Å²) >= 11 is 0. The summed E-state index contributed by atoms with van der Waals surface area (Å²) in [6.45, 7) is 0.857. The van der Waals surface area contributed by atoms with Crippen LogP contribution in [0.15, 0.2) is 54.9 Å². The van der Waals surface area contributed by atoms with Crippen molar-refractivity contribution < 1.29 is 22.7 Å². The Morgan fingerprint density at radius 3 is 2.67 bits per heavy atom. The summed E-state index contributed by atoms with van der Waals surface area (Å²) in [7, 11) is 0. The van der Waals surface area contributed by atoms with E-state index in [1.165, 1.54) is 18.2 Å². The second kappa shape index (κ2) is 6.61. The first-order chi connectivity index (χ1) is 12.9. The van der Waals surface area contributed by atoms with Crippen LogP contribution in [0.2, 0.25) is 0 Å². The number of likely N-dealkylation sites (tertiary alicyclic amines) is 1. The third-order valence-corrected chi connectivity index (χ3v) is 4.67. The zero-order valence-corrected chi connectivity index (χ0v) is 14.2. The Balaban J connectivity index is 1.55. The number of carbonyl (C=O) groups excluding carboxylic acids is 1. The number of rotatable bonds is 3. The summed E-state index contributed by atoms with van der Waals surface area (Å²) in [5.41, 5.74) is 1.75. The maximum atomic E-state index is 12.8. The Kier molecular flexibility index (Phi) is 4.25. The largest absolute Gasteiger partial charge is 0.573 e. The quantitative estimate of drug-likeness (QED) is 0.695. The summed E-state index contributed by atoms with van der Waals surface area (Å²) < 4.78 is 43.8. The van der Waals surface area contributed by atoms with Crippen molar-refractivity contribution in [2.24, 2.45) is 0 Å². The number of nitrogens with zero attached hydrogens (tertiary/aromatic N) is 3. The van der Waals surface area contributed by atoms with Crippen LogP contribution in [-0.4, -0.2) is 39.8 Å². The van der Waals surface area contributed by atoms with Gasteiger partial charge >= 0.3 is 6.36 Å². The van der Waals surface area contributed by atoms with Gasteiger partial charge in [-0.05, 0) is 30.7 Å². The minimum absolute atomic E-state index is 0.0250. The topological polar surface area (TPSA) is 47.4 Å². The number of amides is 1. The lowest BCUT2D eigenvalue weighted by molar-refractivity contribution is -0.274. The number of alkyl halides is 3. The van der Waals surface area contributed by atoms with Crippen molar-refractivity contribution in [1.29, 1.82) is 0 Å². The predicted molar refractivity (Wildman–Crippen MR) is 92.4 cm³/mol. The molecule has 1 aromatic heterocycles. The van der Waals surface area contributed by atoms with Crippen molar-refractivity contribution >= 4 is 16.9 Å². The smallest absolute Gasteiger partial charge is 0.405 e. The molecule has 0 saturated carbocycles. The standard InChI is InChI=1S/C19H16F3N3O2/c20-19(21,22)27-17-8-4-1-5-14(17)18(26)24-10-9-13(11-24)25-12-23-15-6-2-3-7-16(15)25/h1-8,12-13H,9-11H2/t13-/m1/s1. The molecule has 0 bridgehead atoms. The van der Waals surface area contributed by atoms with Crippen molar-refractivity contribution in [2.75, 3.05) is 13.1 Å². The van der Waals surface area contributed by atoms with E-state index in [1.54, 1.807) is 11.2 Å². The lowest BCUT2D eigenvalue weighted by atomic mass is 10.2. The minimum atomic E-state index is -4.85. The van der Waals surface area contributed by atoms with Gasteiger partial charge in [-0.3, -0.25) is 4.79 Å². The highest BCUT2D eigenvalue weighted by molar-refractivity contribution is 5.97. The molecule has 0 unspecified atom stereocenters. The molecule has 1 aliphatic heterocycles. The number of benzene rings is 2. The summed E-state index contributed by atoms with van der Waals surface area (Å²) in [4.78, 5) is 18.7. The Morgan fingerprint density at radius 1 is 1.11 bits per heavy atom. The normalized spacial score (nSPS) is 17.4. The van der Waals surface area contributed by atoms with Gasteiger partial charge in [-0.1, -0.05) is 24.3 Å². The number of carbonyl (C=O) groups is 1. The van der Waals surface area contributed by atoms with Gasteiger partial charge in [0.05, 0.1) is 29.0 Å². The van der Waals surface area contributed by atoms with Crippen molar-refractivity contribution in [3.8, 4) is 5.75 Å². The van der Waals surface area contributed by atoms with Gasteiger partial charge < -0.3 is 14.2 Å². The van der Waals surface area contributed by atoms with E-state index in [-0.39, 0.29) is 11.6 Å². The van der Waals surface area contributed by atoms with Crippen LogP contribution in [0.3, 0.4) is 0 Å². The number of aromatic nitrogens is 2. The Bertz CT molecular complexity index is 983. The molecule has 1 aliphatic rings. The molecular formula is C19H16F3N3O2. The average molecular weight is 375 g/mol. The molecular weight excluding hydrogens is 359 g/mol. The van der Waals surface area contributed by atoms with Crippen molar-refractivity contribution in [1.82, 2.24) is 14.5 Å². The van der Waals surface area contributed by atoms with E-state index < -0.39 is 18.0 Å². The number of imidazole rings is 1. The fourth-order valence-electron chi connectivity index (χ4n) is 3.45. The van der Waals surface area contributed by atoms with Crippen LogP contribution in [0.1, 0.15) is 22.8 Å². The van der Waals surface area contributed by atoms with Crippen LogP contribution < -0.4 is 4.74 Å². The fourth-order valence-corrected chi connectivity index (χ4v) is 3.45. The van der Waals surface area contributed by atoms with Crippen molar-refractivity contribution in [3.63, 3.8) is 0 Å². The highest BCUT2D eigenvalue weighted by atomic mass is 19.4. The molecule has 5 nitrogen and oxygen atoms in total. The lowest BCUT2D eigenvalue weighted by Crippen LogP contribution is -2.30. The van der Waals surface area contributed by atoms with Gasteiger partial charge in [0.2, 0.25) is 0 Å². The molecule has 2 heterocycles. The number of hydrogen-bond acceptors (Lipinski definition) is 3. The number of ether oxygens (including phenoxy) is 1. The molecule has 140 valence electrons. The van der Waals surface area contributed by atoms with E-state index in [2.05, 4.69) is 9.72 Å². The van der Waals surface area contributed by atoms with E-state index >= 15 is 0 Å². The molecule has 1 amide bonds. The summed E-state index contributed by atoms with van der Waals surface area (Å²) in [5.74, 6) is -0.951. The molecule has 4 rings (SSSR count). The first kappa shape index (κ1) is 17.4. The first-order valence-corrected chi connectivity index (χ1v) is 8.48. The monoisotopic (exact) mass is 375 g/mol. The lowest BCUT2D eigenvalue weighted by Gasteiger charge is -2.19. The van der Waals surface area contributed by atoms with Gasteiger partial charge in [0, 0.05) is 13.1 Å². The molecule has 2 aromatic carbocycles. The number of hydrogen-bond donors (Lipinski definition) is 0. The van der Waals surface area contributed by atoms with Crippen molar-refractivity contribution in [2.45, 2.75) is 18.8 Å². The van der Waals surface area contributed by atoms with Gasteiger partial charge in [0.25, 0.3) is 5.91 Å². The van der Waals surface area contributed by atoms with Crippen LogP contribution in [0.25, 0.3) is 11.0 Å². The highest BCUT2D eigenvalue weighted by Gasteiger charge is 2.35. The Morgan fingerprint density at radius 2 is 1.85 bits per heavy atom. The van der Waals surface area contributed by atoms with E-state index in [0.29, 0.717) is 19.5 Å². The summed E-state index contributed by atoms with van der Waals surface area (Å²) in [6.07, 6.45) is -2.40. The molecule has 1 fully saturated rings. The highest BCUT2D eigenvalue weighted by Crippen LogP contribution is 2.30. The molecule has 1 saturated heterocycles. The average Bonchev–Trinajstić information content (AvgIpc) is 3.27. The van der Waals surface area contributed by atoms with Gasteiger partial charge in [-0.25, -0.2) is 4.98 Å². The van der Waals surface area contributed by atoms with Gasteiger partial charge in [-0.15, -0.1) is 13.2 Å². The zero-order chi connectivity index (χ0) is 19.0. The second-order valence-electron chi connectivity index (χ2n) is 6.38. The molecule has 8 heteroatoms. The number of fused-ring (bicyclic) bond motifs is 1. The van der Waals surface area contributed by atoms with E-state index in [9.17, 15) is 18.0 Å². The third-order valence-electron chi connectivity index (χ3n) is 4.67. The van der Waals surface area contributed by atoms with Crippen LogP contribution in [0, 0.1) is 0 Å². The summed E-state index contributed by atoms with van der Waals surface area (Å²) in [5, 5.41) is 0. The number of para-hydroxylation sites is 3. The van der Waals surface area contributed by atoms with Crippen LogP contribution in [0.5, 0.6) is 5.75 Å². The zero-order valence-electron chi connectivity index (χ0n) is 14.2. The molecule has 3 aromatic rings. The molecule has 0 spiro atoms.